The Morgan fingerprint density at radius 3 is 2.50 bits per heavy atom. The van der Waals surface area contributed by atoms with Gasteiger partial charge in [-0.2, -0.15) is 5.10 Å². The zero-order valence-corrected chi connectivity index (χ0v) is 14.8. The van der Waals surface area contributed by atoms with Gasteiger partial charge in [-0.3, -0.25) is 14.7 Å². The molecule has 2 aromatic carbocycles. The smallest absolute Gasteiger partial charge is 0.271 e. The summed E-state index contributed by atoms with van der Waals surface area (Å²) in [6.07, 6.45) is 1.18. The third-order valence-corrected chi connectivity index (χ3v) is 3.94. The third-order valence-electron chi connectivity index (χ3n) is 3.94. The highest BCUT2D eigenvalue weighted by atomic mass is 19.1. The first-order valence-electron chi connectivity index (χ1n) is 8.20. The van der Waals surface area contributed by atoms with Crippen LogP contribution in [0.25, 0.3) is 0 Å². The topological polar surface area (TPSA) is 96.1 Å². The Labute approximate surface area is 158 Å². The van der Waals surface area contributed by atoms with Gasteiger partial charge in [-0.25, -0.2) is 8.78 Å². The van der Waals surface area contributed by atoms with Gasteiger partial charge in [-0.05, 0) is 18.2 Å². The molecular weight excluding hydrogens is 370 g/mol. The maximum Gasteiger partial charge on any atom is 0.271 e. The summed E-state index contributed by atoms with van der Waals surface area (Å²) >= 11 is 0. The van der Waals surface area contributed by atoms with Gasteiger partial charge >= 0.3 is 0 Å². The number of aromatic amines is 1. The van der Waals surface area contributed by atoms with Gasteiger partial charge in [0.05, 0.1) is 19.0 Å². The fourth-order valence-electron chi connectivity index (χ4n) is 2.57. The largest absolute Gasteiger partial charge is 0.496 e. The molecule has 0 atom stereocenters. The summed E-state index contributed by atoms with van der Waals surface area (Å²) in [5.41, 5.74) is -0.0638. The van der Waals surface area contributed by atoms with Gasteiger partial charge in [0, 0.05) is 12.1 Å². The molecule has 0 bridgehead atoms. The van der Waals surface area contributed by atoms with Crippen molar-refractivity contribution in [3.8, 4) is 5.75 Å². The van der Waals surface area contributed by atoms with Crippen LogP contribution in [-0.4, -0.2) is 29.1 Å². The number of ether oxygens (including phenoxy) is 1. The monoisotopic (exact) mass is 386 g/mol. The minimum Gasteiger partial charge on any atom is -0.496 e. The molecule has 3 N–H and O–H groups in total. The number of nitrogens with one attached hydrogen (secondary N) is 3. The van der Waals surface area contributed by atoms with E-state index in [4.69, 9.17) is 4.74 Å². The van der Waals surface area contributed by atoms with Crippen molar-refractivity contribution < 1.29 is 23.1 Å². The van der Waals surface area contributed by atoms with E-state index in [9.17, 15) is 18.4 Å². The number of rotatable bonds is 6. The number of halogens is 2. The molecule has 9 heteroatoms. The van der Waals surface area contributed by atoms with Gasteiger partial charge in [0.2, 0.25) is 0 Å². The lowest BCUT2D eigenvalue weighted by molar-refractivity contribution is 0.0946. The number of anilines is 1. The molecule has 0 aliphatic carbocycles. The maximum absolute atomic E-state index is 13.8. The van der Waals surface area contributed by atoms with Crippen LogP contribution in [0.4, 0.5) is 14.5 Å². The maximum atomic E-state index is 13.8. The Morgan fingerprint density at radius 1 is 1.07 bits per heavy atom. The van der Waals surface area contributed by atoms with E-state index < -0.39 is 29.0 Å². The third kappa shape index (κ3) is 3.98. The van der Waals surface area contributed by atoms with Crippen LogP contribution in [0, 0.1) is 11.6 Å². The zero-order valence-electron chi connectivity index (χ0n) is 14.8. The van der Waals surface area contributed by atoms with Crippen molar-refractivity contribution in [1.29, 1.82) is 0 Å². The molecule has 7 nitrogen and oxygen atoms in total. The number of hydrogen-bond donors (Lipinski definition) is 3. The number of amides is 2. The van der Waals surface area contributed by atoms with Crippen molar-refractivity contribution in [2.24, 2.45) is 0 Å². The SMILES string of the molecule is COc1ccccc1CNC(=O)c1[nH]ncc1NC(=O)c1c(F)cccc1F. The van der Waals surface area contributed by atoms with E-state index in [2.05, 4.69) is 20.8 Å². The molecule has 1 heterocycles. The second-order valence-electron chi connectivity index (χ2n) is 5.70. The predicted molar refractivity (Wildman–Crippen MR) is 97.1 cm³/mol. The van der Waals surface area contributed by atoms with E-state index in [0.717, 1.165) is 23.8 Å². The molecule has 0 fully saturated rings. The van der Waals surface area contributed by atoms with Crippen LogP contribution in [0.2, 0.25) is 0 Å². The second kappa shape index (κ2) is 8.30. The Hall–Kier alpha value is -3.75. The molecule has 0 radical (unpaired) electrons. The van der Waals surface area contributed by atoms with Crippen molar-refractivity contribution in [1.82, 2.24) is 15.5 Å². The number of aromatic nitrogens is 2. The first kappa shape index (κ1) is 19.0. The van der Waals surface area contributed by atoms with Crippen LogP contribution in [0.1, 0.15) is 26.4 Å². The number of para-hydroxylation sites is 1. The average Bonchev–Trinajstić information content (AvgIpc) is 3.14. The van der Waals surface area contributed by atoms with Crippen molar-refractivity contribution in [3.05, 3.63) is 77.1 Å². The van der Waals surface area contributed by atoms with Crippen LogP contribution in [-0.2, 0) is 6.54 Å². The number of benzene rings is 2. The quantitative estimate of drug-likeness (QED) is 0.607. The van der Waals surface area contributed by atoms with Gasteiger partial charge in [-0.15, -0.1) is 0 Å². The first-order chi connectivity index (χ1) is 13.5. The van der Waals surface area contributed by atoms with Crippen LogP contribution in [0.5, 0.6) is 5.75 Å². The summed E-state index contributed by atoms with van der Waals surface area (Å²) in [4.78, 5) is 24.6. The lowest BCUT2D eigenvalue weighted by Crippen LogP contribution is -2.25. The van der Waals surface area contributed by atoms with Gasteiger partial charge in [0.15, 0.2) is 0 Å². The number of H-pyrrole nitrogens is 1. The van der Waals surface area contributed by atoms with Gasteiger partial charge in [-0.1, -0.05) is 24.3 Å². The fraction of sp³-hybridized carbons (Fsp3) is 0.105. The lowest BCUT2D eigenvalue weighted by Gasteiger charge is -2.10. The van der Waals surface area contributed by atoms with Crippen molar-refractivity contribution >= 4 is 17.5 Å². The van der Waals surface area contributed by atoms with E-state index in [1.165, 1.54) is 13.3 Å². The molecular formula is C19H16F2N4O3. The van der Waals surface area contributed by atoms with E-state index in [-0.39, 0.29) is 17.9 Å². The molecule has 0 spiro atoms. The molecule has 0 aliphatic heterocycles. The second-order valence-corrected chi connectivity index (χ2v) is 5.70. The molecule has 28 heavy (non-hydrogen) atoms. The summed E-state index contributed by atoms with van der Waals surface area (Å²) in [7, 11) is 1.52. The molecule has 3 aromatic rings. The van der Waals surface area contributed by atoms with Gasteiger partial charge in [0.1, 0.15) is 28.6 Å². The van der Waals surface area contributed by atoms with Crippen LogP contribution >= 0.6 is 0 Å². The number of carbonyl (C=O) groups is 2. The Bertz CT molecular complexity index is 1000. The Morgan fingerprint density at radius 2 is 1.79 bits per heavy atom. The normalized spacial score (nSPS) is 10.4. The van der Waals surface area contributed by atoms with Gasteiger partial charge < -0.3 is 15.4 Å². The van der Waals surface area contributed by atoms with Crippen molar-refractivity contribution in [3.63, 3.8) is 0 Å². The summed E-state index contributed by atoms with van der Waals surface area (Å²) in [6.45, 7) is 0.164. The molecule has 0 unspecified atom stereocenters. The molecule has 2 amide bonds. The average molecular weight is 386 g/mol. The zero-order chi connectivity index (χ0) is 20.1. The van der Waals surface area contributed by atoms with Crippen LogP contribution in [0.15, 0.2) is 48.7 Å². The number of hydrogen-bond acceptors (Lipinski definition) is 4. The summed E-state index contributed by atoms with van der Waals surface area (Å²) in [6, 6.07) is 10.2. The summed E-state index contributed by atoms with van der Waals surface area (Å²) < 4.78 is 32.7. The molecule has 0 aliphatic rings. The molecule has 0 saturated carbocycles. The first-order valence-corrected chi connectivity index (χ1v) is 8.20. The Kier molecular flexibility index (Phi) is 5.64. The van der Waals surface area contributed by atoms with Crippen LogP contribution < -0.4 is 15.4 Å². The lowest BCUT2D eigenvalue weighted by atomic mass is 10.1. The van der Waals surface area contributed by atoms with Crippen LogP contribution in [0.3, 0.4) is 0 Å². The summed E-state index contributed by atoms with van der Waals surface area (Å²) in [5, 5.41) is 11.1. The van der Waals surface area contributed by atoms with Crippen molar-refractivity contribution in [2.75, 3.05) is 12.4 Å². The van der Waals surface area contributed by atoms with E-state index in [1.54, 1.807) is 24.3 Å². The highest BCUT2D eigenvalue weighted by molar-refractivity contribution is 6.08. The number of nitrogens with zero attached hydrogens (tertiary/aromatic N) is 1. The highest BCUT2D eigenvalue weighted by Gasteiger charge is 2.21. The highest BCUT2D eigenvalue weighted by Crippen LogP contribution is 2.19. The predicted octanol–water partition coefficient (Wildman–Crippen LogP) is 2.88. The minimum atomic E-state index is -1.03. The van der Waals surface area contributed by atoms with Gasteiger partial charge in [0.25, 0.3) is 11.8 Å². The molecule has 1 aromatic heterocycles. The Balaban J connectivity index is 1.73. The van der Waals surface area contributed by atoms with Crippen molar-refractivity contribution in [2.45, 2.75) is 6.54 Å². The van der Waals surface area contributed by atoms with E-state index in [1.807, 2.05) is 0 Å². The molecule has 0 saturated heterocycles. The minimum absolute atomic E-state index is 0.00909. The standard InChI is InChI=1S/C19H16F2N4O3/c1-28-15-8-3-2-5-11(15)9-22-19(27)17-14(10-23-25-17)24-18(26)16-12(20)6-4-7-13(16)21/h2-8,10H,9H2,1H3,(H,22,27)(H,23,25)(H,24,26). The number of methoxy groups -OCH3 is 1. The number of carbonyl (C=O) groups excluding carboxylic acids is 2. The molecule has 144 valence electrons. The molecule has 3 rings (SSSR count). The van der Waals surface area contributed by atoms with E-state index >= 15 is 0 Å². The van der Waals surface area contributed by atoms with E-state index in [0.29, 0.717) is 5.75 Å². The summed E-state index contributed by atoms with van der Waals surface area (Å²) in [5.74, 6) is -3.01. The fourth-order valence-corrected chi connectivity index (χ4v) is 2.57.